The number of hydrogen-bond acceptors (Lipinski definition) is 2. The molecule has 0 aliphatic carbocycles. The van der Waals surface area contributed by atoms with E-state index in [1.165, 1.54) is 10.9 Å². The predicted molar refractivity (Wildman–Crippen MR) is 54.3 cm³/mol. The number of nitrogens with one attached hydrogen (secondary N) is 1. The van der Waals surface area contributed by atoms with Gasteiger partial charge in [-0.25, -0.2) is 9.78 Å². The first kappa shape index (κ1) is 8.74. The number of rotatable bonds is 0. The van der Waals surface area contributed by atoms with Crippen LogP contribution in [0, 0.1) is 6.92 Å². The highest BCUT2D eigenvalue weighted by Crippen LogP contribution is 2.13. The minimum atomic E-state index is -0.170. The number of amides is 1. The Hall–Kier alpha value is -1.84. The van der Waals surface area contributed by atoms with E-state index in [-0.39, 0.29) is 6.03 Å². The molecule has 0 saturated heterocycles. The van der Waals surface area contributed by atoms with Gasteiger partial charge in [0.25, 0.3) is 0 Å². The Kier molecular flexibility index (Phi) is 1.96. The molecule has 0 aliphatic rings. The van der Waals surface area contributed by atoms with E-state index in [2.05, 4.69) is 10.3 Å². The van der Waals surface area contributed by atoms with Crippen LogP contribution in [0.2, 0.25) is 0 Å². The molecule has 0 aliphatic heterocycles. The summed E-state index contributed by atoms with van der Waals surface area (Å²) in [7, 11) is 1.60. The van der Waals surface area contributed by atoms with Gasteiger partial charge in [0.05, 0.1) is 11.0 Å². The van der Waals surface area contributed by atoms with Gasteiger partial charge in [-0.2, -0.15) is 0 Å². The largest absolute Gasteiger partial charge is 0.340 e. The van der Waals surface area contributed by atoms with E-state index < -0.39 is 0 Å². The zero-order valence-corrected chi connectivity index (χ0v) is 8.11. The number of nitrogens with zero attached hydrogens (tertiary/aromatic N) is 2. The van der Waals surface area contributed by atoms with Crippen molar-refractivity contribution in [3.8, 4) is 0 Å². The summed E-state index contributed by atoms with van der Waals surface area (Å²) in [5.41, 5.74) is 2.81. The Morgan fingerprint density at radius 1 is 1.50 bits per heavy atom. The highest BCUT2D eigenvalue weighted by Gasteiger charge is 2.07. The molecule has 1 heterocycles. The highest BCUT2D eigenvalue weighted by molar-refractivity contribution is 5.89. The van der Waals surface area contributed by atoms with E-state index in [0.717, 1.165) is 16.6 Å². The summed E-state index contributed by atoms with van der Waals surface area (Å²) in [5, 5.41) is 2.56. The van der Waals surface area contributed by atoms with Crippen LogP contribution < -0.4 is 5.32 Å². The van der Waals surface area contributed by atoms with Crippen LogP contribution in [0.5, 0.6) is 0 Å². The first-order valence-electron chi connectivity index (χ1n) is 4.38. The maximum Gasteiger partial charge on any atom is 0.327 e. The molecule has 1 N–H and O–H groups in total. The molecule has 0 spiro atoms. The van der Waals surface area contributed by atoms with E-state index in [9.17, 15) is 4.79 Å². The van der Waals surface area contributed by atoms with Crippen LogP contribution >= 0.6 is 0 Å². The Labute approximate surface area is 81.6 Å². The van der Waals surface area contributed by atoms with Crippen molar-refractivity contribution in [3.05, 3.63) is 30.1 Å². The van der Waals surface area contributed by atoms with Crippen LogP contribution in [-0.4, -0.2) is 22.6 Å². The molecule has 2 aromatic rings. The van der Waals surface area contributed by atoms with Crippen LogP contribution in [0.15, 0.2) is 24.5 Å². The summed E-state index contributed by atoms with van der Waals surface area (Å²) in [6.07, 6.45) is 1.53. The molecule has 1 aromatic carbocycles. The zero-order chi connectivity index (χ0) is 10.1. The van der Waals surface area contributed by atoms with Gasteiger partial charge in [0, 0.05) is 7.05 Å². The van der Waals surface area contributed by atoms with Gasteiger partial charge in [0.15, 0.2) is 0 Å². The van der Waals surface area contributed by atoms with Gasteiger partial charge in [-0.1, -0.05) is 6.07 Å². The quantitative estimate of drug-likeness (QED) is 0.683. The normalized spacial score (nSPS) is 10.4. The molecule has 4 heteroatoms. The molecule has 72 valence electrons. The smallest absolute Gasteiger partial charge is 0.327 e. The molecule has 2 rings (SSSR count). The van der Waals surface area contributed by atoms with E-state index >= 15 is 0 Å². The fraction of sp³-hybridized carbons (Fsp3) is 0.200. The summed E-state index contributed by atoms with van der Waals surface area (Å²) in [5.74, 6) is 0. The Morgan fingerprint density at radius 3 is 3.00 bits per heavy atom. The topological polar surface area (TPSA) is 46.9 Å². The molecule has 0 radical (unpaired) electrons. The summed E-state index contributed by atoms with van der Waals surface area (Å²) < 4.78 is 1.49. The van der Waals surface area contributed by atoms with E-state index in [1.54, 1.807) is 7.05 Å². The first-order valence-corrected chi connectivity index (χ1v) is 4.38. The number of carbonyl (C=O) groups excluding carboxylic acids is 1. The first-order chi connectivity index (χ1) is 6.72. The van der Waals surface area contributed by atoms with E-state index in [0.29, 0.717) is 0 Å². The Bertz CT molecular complexity index is 487. The average Bonchev–Trinajstić information content (AvgIpc) is 2.59. The van der Waals surface area contributed by atoms with Crippen LogP contribution in [0.4, 0.5) is 4.79 Å². The lowest BCUT2D eigenvalue weighted by molar-refractivity contribution is 0.245. The van der Waals surface area contributed by atoms with Gasteiger partial charge < -0.3 is 5.32 Å². The number of fused-ring (bicyclic) bond motifs is 1. The molecule has 4 nitrogen and oxygen atoms in total. The standard InChI is InChI=1S/C10H11N3O/c1-7-3-4-9-8(5-7)12-6-13(9)10(14)11-2/h3-6H,1-2H3,(H,11,14). The van der Waals surface area contributed by atoms with Crippen LogP contribution in [0.3, 0.4) is 0 Å². The lowest BCUT2D eigenvalue weighted by Gasteiger charge is -2.00. The SMILES string of the molecule is CNC(=O)n1cnc2cc(C)ccc21. The molecule has 0 unspecified atom stereocenters. The summed E-state index contributed by atoms with van der Waals surface area (Å²) in [6.45, 7) is 2.00. The van der Waals surface area contributed by atoms with Gasteiger partial charge >= 0.3 is 6.03 Å². The number of aromatic nitrogens is 2. The summed E-state index contributed by atoms with van der Waals surface area (Å²) in [4.78, 5) is 15.5. The van der Waals surface area contributed by atoms with Crippen molar-refractivity contribution in [1.29, 1.82) is 0 Å². The highest BCUT2D eigenvalue weighted by atomic mass is 16.2. The molecule has 0 atom stereocenters. The zero-order valence-electron chi connectivity index (χ0n) is 8.11. The number of aryl methyl sites for hydroxylation is 1. The Morgan fingerprint density at radius 2 is 2.29 bits per heavy atom. The summed E-state index contributed by atoms with van der Waals surface area (Å²) in [6, 6.07) is 5.64. The van der Waals surface area contributed by atoms with Gasteiger partial charge in [-0.15, -0.1) is 0 Å². The molecule has 14 heavy (non-hydrogen) atoms. The molecular formula is C10H11N3O. The maximum atomic E-state index is 11.4. The van der Waals surface area contributed by atoms with Crippen molar-refractivity contribution >= 4 is 17.1 Å². The number of imidazole rings is 1. The van der Waals surface area contributed by atoms with Crippen molar-refractivity contribution < 1.29 is 4.79 Å². The van der Waals surface area contributed by atoms with Crippen molar-refractivity contribution in [2.45, 2.75) is 6.92 Å². The molecule has 1 aromatic heterocycles. The van der Waals surface area contributed by atoms with Crippen LogP contribution in [0.1, 0.15) is 5.56 Å². The van der Waals surface area contributed by atoms with E-state index in [4.69, 9.17) is 0 Å². The monoisotopic (exact) mass is 189 g/mol. The van der Waals surface area contributed by atoms with Crippen LogP contribution in [0.25, 0.3) is 11.0 Å². The van der Waals surface area contributed by atoms with Crippen molar-refractivity contribution in [2.75, 3.05) is 7.05 Å². The van der Waals surface area contributed by atoms with E-state index in [1.807, 2.05) is 25.1 Å². The fourth-order valence-corrected chi connectivity index (χ4v) is 1.41. The minimum absolute atomic E-state index is 0.170. The molecular weight excluding hydrogens is 178 g/mol. The van der Waals surface area contributed by atoms with Gasteiger partial charge in [-0.05, 0) is 24.6 Å². The molecule has 0 bridgehead atoms. The average molecular weight is 189 g/mol. The van der Waals surface area contributed by atoms with Crippen molar-refractivity contribution in [1.82, 2.24) is 14.9 Å². The molecule has 1 amide bonds. The number of benzene rings is 1. The second-order valence-electron chi connectivity index (χ2n) is 3.16. The molecule has 0 saturated carbocycles. The molecule has 0 fully saturated rings. The Balaban J connectivity index is 2.64. The lowest BCUT2D eigenvalue weighted by Crippen LogP contribution is -2.23. The second kappa shape index (κ2) is 3.14. The van der Waals surface area contributed by atoms with Crippen LogP contribution in [-0.2, 0) is 0 Å². The fourth-order valence-electron chi connectivity index (χ4n) is 1.41. The van der Waals surface area contributed by atoms with Gasteiger partial charge in [0.1, 0.15) is 6.33 Å². The number of carbonyl (C=O) groups is 1. The third-order valence-electron chi connectivity index (χ3n) is 2.14. The predicted octanol–water partition coefficient (Wildman–Crippen LogP) is 1.53. The third kappa shape index (κ3) is 1.25. The van der Waals surface area contributed by atoms with Crippen molar-refractivity contribution in [2.24, 2.45) is 0 Å². The van der Waals surface area contributed by atoms with Crippen molar-refractivity contribution in [3.63, 3.8) is 0 Å². The maximum absolute atomic E-state index is 11.4. The number of hydrogen-bond donors (Lipinski definition) is 1. The minimum Gasteiger partial charge on any atom is -0.340 e. The van der Waals surface area contributed by atoms with Gasteiger partial charge in [-0.3, -0.25) is 4.57 Å². The third-order valence-corrected chi connectivity index (χ3v) is 2.14. The second-order valence-corrected chi connectivity index (χ2v) is 3.16. The lowest BCUT2D eigenvalue weighted by atomic mass is 10.2. The summed E-state index contributed by atoms with van der Waals surface area (Å²) >= 11 is 0. The van der Waals surface area contributed by atoms with Gasteiger partial charge in [0.2, 0.25) is 0 Å².